The standard InChI is InChI=1S/C22H24N4O3S/c27-22(26-15-13-25(14-16-26)21-7-3-4-11-23-21)10-12-24-30(28,29)20-9-8-18-5-1-2-6-19(18)17-20/h1-9,11,17,24H,10,12-16H2. The molecule has 1 N–H and O–H groups in total. The predicted octanol–water partition coefficient (Wildman–Crippen LogP) is 2.25. The van der Waals surface area contributed by atoms with Gasteiger partial charge in [-0.1, -0.05) is 36.4 Å². The quantitative estimate of drug-likeness (QED) is 0.656. The number of anilines is 1. The summed E-state index contributed by atoms with van der Waals surface area (Å²) in [5, 5.41) is 1.85. The zero-order valence-corrected chi connectivity index (χ0v) is 17.4. The number of amides is 1. The van der Waals surface area contributed by atoms with Crippen LogP contribution in [-0.2, 0) is 14.8 Å². The molecule has 2 aromatic carbocycles. The van der Waals surface area contributed by atoms with E-state index in [9.17, 15) is 13.2 Å². The Kier molecular flexibility index (Phi) is 5.96. The van der Waals surface area contributed by atoms with Crippen molar-refractivity contribution in [3.63, 3.8) is 0 Å². The maximum absolute atomic E-state index is 12.6. The molecule has 0 radical (unpaired) electrons. The van der Waals surface area contributed by atoms with Gasteiger partial charge in [-0.2, -0.15) is 0 Å². The Bertz CT molecular complexity index is 1130. The number of fused-ring (bicyclic) bond motifs is 1. The summed E-state index contributed by atoms with van der Waals surface area (Å²) in [6, 6.07) is 18.4. The van der Waals surface area contributed by atoms with Gasteiger partial charge in [0.2, 0.25) is 15.9 Å². The minimum absolute atomic E-state index is 0.0446. The van der Waals surface area contributed by atoms with Crippen LogP contribution in [0.2, 0.25) is 0 Å². The molecule has 2 heterocycles. The molecule has 7 nitrogen and oxygen atoms in total. The van der Waals surface area contributed by atoms with E-state index < -0.39 is 10.0 Å². The number of aromatic nitrogens is 1. The van der Waals surface area contributed by atoms with E-state index in [1.807, 2.05) is 42.5 Å². The van der Waals surface area contributed by atoms with Crippen molar-refractivity contribution in [2.75, 3.05) is 37.6 Å². The maximum Gasteiger partial charge on any atom is 0.240 e. The molecule has 1 fully saturated rings. The number of nitrogens with zero attached hydrogens (tertiary/aromatic N) is 3. The highest BCUT2D eigenvalue weighted by Crippen LogP contribution is 2.19. The van der Waals surface area contributed by atoms with Gasteiger partial charge >= 0.3 is 0 Å². The molecule has 0 atom stereocenters. The second kappa shape index (κ2) is 8.81. The van der Waals surface area contributed by atoms with Crippen LogP contribution in [0.3, 0.4) is 0 Å². The lowest BCUT2D eigenvalue weighted by Gasteiger charge is -2.35. The van der Waals surface area contributed by atoms with Crippen LogP contribution in [0.15, 0.2) is 71.8 Å². The van der Waals surface area contributed by atoms with Gasteiger partial charge in [-0.05, 0) is 35.0 Å². The summed E-state index contributed by atoms with van der Waals surface area (Å²) in [7, 11) is -3.66. The van der Waals surface area contributed by atoms with Crippen molar-refractivity contribution in [1.29, 1.82) is 0 Å². The van der Waals surface area contributed by atoms with Gasteiger partial charge in [0, 0.05) is 45.3 Å². The lowest BCUT2D eigenvalue weighted by Crippen LogP contribution is -2.49. The highest BCUT2D eigenvalue weighted by molar-refractivity contribution is 7.89. The molecule has 30 heavy (non-hydrogen) atoms. The van der Waals surface area contributed by atoms with Crippen LogP contribution in [0.5, 0.6) is 0 Å². The molecule has 1 aliphatic heterocycles. The number of pyridine rings is 1. The van der Waals surface area contributed by atoms with Crippen molar-refractivity contribution in [1.82, 2.24) is 14.6 Å². The normalized spacial score (nSPS) is 14.8. The van der Waals surface area contributed by atoms with Gasteiger partial charge in [-0.3, -0.25) is 4.79 Å². The number of nitrogens with one attached hydrogen (secondary N) is 1. The number of hydrogen-bond donors (Lipinski definition) is 1. The summed E-state index contributed by atoms with van der Waals surface area (Å²) in [5.41, 5.74) is 0. The first-order chi connectivity index (χ1) is 14.5. The molecule has 3 aromatic rings. The van der Waals surface area contributed by atoms with Crippen molar-refractivity contribution in [2.45, 2.75) is 11.3 Å². The largest absolute Gasteiger partial charge is 0.353 e. The Morgan fingerprint density at radius 1 is 0.933 bits per heavy atom. The third kappa shape index (κ3) is 4.60. The second-order valence-corrected chi connectivity index (χ2v) is 8.98. The third-order valence-corrected chi connectivity index (χ3v) is 6.73. The lowest BCUT2D eigenvalue weighted by molar-refractivity contribution is -0.131. The molecular weight excluding hydrogens is 400 g/mol. The summed E-state index contributed by atoms with van der Waals surface area (Å²) in [5.74, 6) is 0.865. The van der Waals surface area contributed by atoms with Gasteiger partial charge < -0.3 is 9.80 Å². The summed E-state index contributed by atoms with van der Waals surface area (Å²) in [4.78, 5) is 21.0. The van der Waals surface area contributed by atoms with Crippen LogP contribution in [0.1, 0.15) is 6.42 Å². The third-order valence-electron chi connectivity index (χ3n) is 5.27. The van der Waals surface area contributed by atoms with E-state index in [2.05, 4.69) is 14.6 Å². The van der Waals surface area contributed by atoms with E-state index in [-0.39, 0.29) is 23.8 Å². The second-order valence-electron chi connectivity index (χ2n) is 7.21. The Morgan fingerprint density at radius 3 is 2.40 bits per heavy atom. The van der Waals surface area contributed by atoms with Gasteiger partial charge in [0.05, 0.1) is 4.90 Å². The van der Waals surface area contributed by atoms with Gasteiger partial charge in [0.1, 0.15) is 5.82 Å². The average Bonchev–Trinajstić information content (AvgIpc) is 2.79. The van der Waals surface area contributed by atoms with Gasteiger partial charge in [-0.25, -0.2) is 18.1 Å². The molecule has 1 amide bonds. The maximum atomic E-state index is 12.6. The zero-order chi connectivity index (χ0) is 21.0. The molecule has 4 rings (SSSR count). The number of carbonyl (C=O) groups excluding carboxylic acids is 1. The number of benzene rings is 2. The van der Waals surface area contributed by atoms with Crippen molar-refractivity contribution in [3.05, 3.63) is 66.9 Å². The van der Waals surface area contributed by atoms with E-state index in [0.717, 1.165) is 16.6 Å². The van der Waals surface area contributed by atoms with Crippen LogP contribution in [-0.4, -0.2) is 56.9 Å². The summed E-state index contributed by atoms with van der Waals surface area (Å²) in [6.07, 6.45) is 1.89. The van der Waals surface area contributed by atoms with Gasteiger partial charge in [0.25, 0.3) is 0 Å². The number of rotatable bonds is 6. The minimum atomic E-state index is -3.66. The van der Waals surface area contributed by atoms with E-state index in [4.69, 9.17) is 0 Å². The molecule has 1 aliphatic rings. The fourth-order valence-corrected chi connectivity index (χ4v) is 4.66. The smallest absolute Gasteiger partial charge is 0.240 e. The monoisotopic (exact) mass is 424 g/mol. The molecular formula is C22H24N4O3S. The highest BCUT2D eigenvalue weighted by Gasteiger charge is 2.22. The summed E-state index contributed by atoms with van der Waals surface area (Å²) in [6.45, 7) is 2.71. The van der Waals surface area contributed by atoms with Crippen molar-refractivity contribution in [2.24, 2.45) is 0 Å². The van der Waals surface area contributed by atoms with E-state index in [1.54, 1.807) is 29.3 Å². The number of sulfonamides is 1. The molecule has 0 bridgehead atoms. The van der Waals surface area contributed by atoms with Crippen LogP contribution in [0.25, 0.3) is 10.8 Å². The SMILES string of the molecule is O=C(CCNS(=O)(=O)c1ccc2ccccc2c1)N1CCN(c2ccccn2)CC1. The predicted molar refractivity (Wildman–Crippen MR) is 117 cm³/mol. The Balaban J connectivity index is 1.29. The number of piperazine rings is 1. The first-order valence-electron chi connectivity index (χ1n) is 9.95. The highest BCUT2D eigenvalue weighted by atomic mass is 32.2. The summed E-state index contributed by atoms with van der Waals surface area (Å²) < 4.78 is 27.7. The molecule has 8 heteroatoms. The fourth-order valence-electron chi connectivity index (χ4n) is 3.59. The van der Waals surface area contributed by atoms with Crippen molar-refractivity contribution in [3.8, 4) is 0 Å². The number of carbonyl (C=O) groups is 1. The van der Waals surface area contributed by atoms with Crippen LogP contribution < -0.4 is 9.62 Å². The molecule has 0 aliphatic carbocycles. The van der Waals surface area contributed by atoms with Crippen LogP contribution in [0.4, 0.5) is 5.82 Å². The van der Waals surface area contributed by atoms with E-state index in [0.29, 0.717) is 26.2 Å². The molecule has 1 aromatic heterocycles. The van der Waals surface area contributed by atoms with E-state index in [1.165, 1.54) is 0 Å². The molecule has 0 spiro atoms. The van der Waals surface area contributed by atoms with Crippen LogP contribution >= 0.6 is 0 Å². The van der Waals surface area contributed by atoms with Crippen LogP contribution in [0, 0.1) is 0 Å². The lowest BCUT2D eigenvalue weighted by atomic mass is 10.1. The zero-order valence-electron chi connectivity index (χ0n) is 16.6. The minimum Gasteiger partial charge on any atom is -0.353 e. The van der Waals surface area contributed by atoms with Gasteiger partial charge in [0.15, 0.2) is 0 Å². The Hall–Kier alpha value is -2.97. The van der Waals surface area contributed by atoms with Crippen molar-refractivity contribution < 1.29 is 13.2 Å². The Morgan fingerprint density at radius 2 is 1.67 bits per heavy atom. The first kappa shape index (κ1) is 20.3. The fraction of sp³-hybridized carbons (Fsp3) is 0.273. The van der Waals surface area contributed by atoms with Crippen molar-refractivity contribution >= 4 is 32.5 Å². The average molecular weight is 425 g/mol. The molecule has 1 saturated heterocycles. The first-order valence-corrected chi connectivity index (χ1v) is 11.4. The Labute approximate surface area is 176 Å². The molecule has 156 valence electrons. The van der Waals surface area contributed by atoms with Gasteiger partial charge in [-0.15, -0.1) is 0 Å². The topological polar surface area (TPSA) is 82.6 Å². The summed E-state index contributed by atoms with van der Waals surface area (Å²) >= 11 is 0. The molecule has 0 saturated carbocycles. The number of hydrogen-bond acceptors (Lipinski definition) is 5. The van der Waals surface area contributed by atoms with E-state index >= 15 is 0 Å². The molecule has 0 unspecified atom stereocenters.